The molecular weight excluding hydrogens is 446 g/mol. The third-order valence-corrected chi connectivity index (χ3v) is 4.82. The summed E-state index contributed by atoms with van der Waals surface area (Å²) in [6.45, 7) is 3.08. The van der Waals surface area contributed by atoms with Crippen LogP contribution < -0.4 is 10.1 Å². The first kappa shape index (κ1) is 24.3. The third-order valence-electron chi connectivity index (χ3n) is 4.82. The van der Waals surface area contributed by atoms with Crippen molar-refractivity contribution in [3.63, 3.8) is 0 Å². The molecule has 1 atom stereocenters. The molecule has 12 heteroatoms. The molecule has 0 saturated heterocycles. The number of hydrogen-bond acceptors (Lipinski definition) is 9. The van der Waals surface area contributed by atoms with Gasteiger partial charge in [0.1, 0.15) is 17.5 Å². The van der Waals surface area contributed by atoms with E-state index in [1.807, 2.05) is 0 Å². The highest BCUT2D eigenvalue weighted by Gasteiger charge is 2.31. The van der Waals surface area contributed by atoms with Gasteiger partial charge in [-0.25, -0.2) is 9.48 Å². The predicted molar refractivity (Wildman–Crippen MR) is 120 cm³/mol. The van der Waals surface area contributed by atoms with Gasteiger partial charge in [0.05, 0.1) is 30.7 Å². The van der Waals surface area contributed by atoms with Crippen molar-refractivity contribution in [2.75, 3.05) is 19.0 Å². The summed E-state index contributed by atoms with van der Waals surface area (Å²) in [6, 6.07) is 10.8. The fraction of sp³-hybridized carbons (Fsp3) is 0.273. The van der Waals surface area contributed by atoms with Gasteiger partial charge in [-0.1, -0.05) is 17.3 Å². The summed E-state index contributed by atoms with van der Waals surface area (Å²) in [5.74, 6) is -0.541. The maximum atomic E-state index is 12.7. The number of rotatable bonds is 9. The molecule has 0 aliphatic heterocycles. The molecule has 2 aromatic carbocycles. The largest absolute Gasteiger partial charge is 0.497 e. The third kappa shape index (κ3) is 5.35. The molecule has 1 heterocycles. The number of ether oxygens (including phenoxy) is 2. The number of esters is 1. The number of anilines is 1. The number of benzene rings is 2. The molecule has 3 rings (SSSR count). The van der Waals surface area contributed by atoms with Crippen molar-refractivity contribution in [2.24, 2.45) is 0 Å². The first-order valence-corrected chi connectivity index (χ1v) is 10.2. The van der Waals surface area contributed by atoms with Gasteiger partial charge in [-0.2, -0.15) is 0 Å². The van der Waals surface area contributed by atoms with Crippen LogP contribution in [0.15, 0.2) is 42.5 Å². The number of methoxy groups -OCH3 is 1. The van der Waals surface area contributed by atoms with Gasteiger partial charge in [-0.3, -0.25) is 14.9 Å². The Hall–Kier alpha value is -4.32. The molecule has 178 valence electrons. The minimum Gasteiger partial charge on any atom is -0.497 e. The molecule has 1 aromatic heterocycles. The average molecular weight is 469 g/mol. The SMILES string of the molecule is CCOC(=O)c1c(C(O)c2ccc(NC(C)=O)cc2[N+](=O)[O-])nnn1Cc1ccc(OC)cc1. The Bertz CT molecular complexity index is 1210. The summed E-state index contributed by atoms with van der Waals surface area (Å²) in [5, 5.41) is 33.0. The summed E-state index contributed by atoms with van der Waals surface area (Å²) in [6.07, 6.45) is -1.66. The topological polar surface area (TPSA) is 159 Å². The van der Waals surface area contributed by atoms with Crippen LogP contribution in [-0.2, 0) is 16.1 Å². The Morgan fingerprint density at radius 2 is 1.94 bits per heavy atom. The smallest absolute Gasteiger partial charge is 0.358 e. The summed E-state index contributed by atoms with van der Waals surface area (Å²) in [5.41, 5.74) is 0.0407. The summed E-state index contributed by atoms with van der Waals surface area (Å²) in [4.78, 5) is 35.0. The van der Waals surface area contributed by atoms with E-state index in [2.05, 4.69) is 15.6 Å². The van der Waals surface area contributed by atoms with Gasteiger partial charge in [0.2, 0.25) is 5.91 Å². The second kappa shape index (κ2) is 10.5. The van der Waals surface area contributed by atoms with Crippen LogP contribution in [0.5, 0.6) is 5.75 Å². The van der Waals surface area contributed by atoms with Gasteiger partial charge in [0, 0.05) is 18.7 Å². The summed E-state index contributed by atoms with van der Waals surface area (Å²) < 4.78 is 11.5. The second-order valence-corrected chi connectivity index (χ2v) is 7.16. The van der Waals surface area contributed by atoms with Crippen LogP contribution in [0.25, 0.3) is 0 Å². The maximum Gasteiger partial charge on any atom is 0.358 e. The van der Waals surface area contributed by atoms with Crippen LogP contribution in [0.4, 0.5) is 11.4 Å². The number of aromatic nitrogens is 3. The van der Waals surface area contributed by atoms with Crippen molar-refractivity contribution in [3.8, 4) is 5.75 Å². The molecule has 0 bridgehead atoms. The van der Waals surface area contributed by atoms with E-state index in [1.54, 1.807) is 38.3 Å². The highest BCUT2D eigenvalue weighted by Crippen LogP contribution is 2.33. The quantitative estimate of drug-likeness (QED) is 0.273. The van der Waals surface area contributed by atoms with Gasteiger partial charge in [-0.05, 0) is 36.8 Å². The lowest BCUT2D eigenvalue weighted by Gasteiger charge is -2.13. The average Bonchev–Trinajstić information content (AvgIpc) is 3.22. The number of amides is 1. The number of hydrogen-bond donors (Lipinski definition) is 2. The number of carbonyl (C=O) groups excluding carboxylic acids is 2. The monoisotopic (exact) mass is 469 g/mol. The van der Waals surface area contributed by atoms with Crippen molar-refractivity contribution in [3.05, 3.63) is 75.1 Å². The molecule has 0 fully saturated rings. The molecule has 0 aliphatic rings. The van der Waals surface area contributed by atoms with Crippen molar-refractivity contribution >= 4 is 23.3 Å². The highest BCUT2D eigenvalue weighted by molar-refractivity contribution is 5.90. The fourth-order valence-electron chi connectivity index (χ4n) is 3.30. The number of carbonyl (C=O) groups is 2. The zero-order chi connectivity index (χ0) is 24.8. The van der Waals surface area contributed by atoms with Crippen LogP contribution in [-0.4, -0.2) is 50.6 Å². The van der Waals surface area contributed by atoms with Crippen LogP contribution in [0.3, 0.4) is 0 Å². The molecule has 1 amide bonds. The first-order chi connectivity index (χ1) is 16.2. The summed E-state index contributed by atoms with van der Waals surface area (Å²) >= 11 is 0. The van der Waals surface area contributed by atoms with Gasteiger partial charge in [0.15, 0.2) is 5.69 Å². The molecule has 1 unspecified atom stereocenters. The van der Waals surface area contributed by atoms with Crippen LogP contribution in [0.2, 0.25) is 0 Å². The molecule has 0 spiro atoms. The predicted octanol–water partition coefficient (Wildman–Crippen LogP) is 2.46. The number of aliphatic hydroxyl groups excluding tert-OH is 1. The van der Waals surface area contributed by atoms with Crippen LogP contribution in [0.1, 0.15) is 47.3 Å². The Morgan fingerprint density at radius 1 is 1.24 bits per heavy atom. The van der Waals surface area contributed by atoms with E-state index in [4.69, 9.17) is 9.47 Å². The lowest BCUT2D eigenvalue weighted by molar-refractivity contribution is -0.386. The number of nitro benzene ring substituents is 1. The molecule has 12 nitrogen and oxygen atoms in total. The lowest BCUT2D eigenvalue weighted by Crippen LogP contribution is -2.17. The Morgan fingerprint density at radius 3 is 2.53 bits per heavy atom. The lowest BCUT2D eigenvalue weighted by atomic mass is 10.0. The first-order valence-electron chi connectivity index (χ1n) is 10.2. The van der Waals surface area contributed by atoms with E-state index in [9.17, 15) is 24.8 Å². The van der Waals surface area contributed by atoms with Crippen molar-refractivity contribution < 1.29 is 29.1 Å². The molecule has 0 saturated carbocycles. The normalized spacial score (nSPS) is 11.5. The van der Waals surface area contributed by atoms with Crippen molar-refractivity contribution in [2.45, 2.75) is 26.5 Å². The molecular formula is C22H23N5O7. The number of nitrogens with zero attached hydrogens (tertiary/aromatic N) is 4. The zero-order valence-electron chi connectivity index (χ0n) is 18.7. The van der Waals surface area contributed by atoms with Gasteiger partial charge < -0.3 is 19.9 Å². The van der Waals surface area contributed by atoms with Crippen LogP contribution in [0, 0.1) is 10.1 Å². The van der Waals surface area contributed by atoms with E-state index in [0.717, 1.165) is 11.6 Å². The van der Waals surface area contributed by atoms with Crippen LogP contribution >= 0.6 is 0 Å². The Balaban J connectivity index is 2.03. The second-order valence-electron chi connectivity index (χ2n) is 7.16. The zero-order valence-corrected chi connectivity index (χ0v) is 18.7. The van der Waals surface area contributed by atoms with Gasteiger partial charge in [-0.15, -0.1) is 5.10 Å². The Kier molecular flexibility index (Phi) is 7.53. The van der Waals surface area contributed by atoms with Gasteiger partial charge in [0.25, 0.3) is 5.69 Å². The standard InChI is InChI=1S/C22H23N5O7/c1-4-34-22(30)20-19(24-25-26(20)12-14-5-8-16(33-3)9-6-14)21(29)17-10-7-15(23-13(2)28)11-18(17)27(31)32/h5-11,21,29H,4,12H2,1-3H3,(H,23,28). The highest BCUT2D eigenvalue weighted by atomic mass is 16.6. The minimum atomic E-state index is -1.66. The van der Waals surface area contributed by atoms with E-state index in [0.29, 0.717) is 5.75 Å². The molecule has 34 heavy (non-hydrogen) atoms. The molecule has 2 N–H and O–H groups in total. The minimum absolute atomic E-state index is 0.0631. The summed E-state index contributed by atoms with van der Waals surface area (Å²) in [7, 11) is 1.54. The van der Waals surface area contributed by atoms with Gasteiger partial charge >= 0.3 is 5.97 Å². The molecule has 0 aliphatic carbocycles. The Labute approximate surface area is 194 Å². The number of aliphatic hydroxyl groups is 1. The van der Waals surface area contributed by atoms with E-state index in [1.165, 1.54) is 23.7 Å². The number of nitrogens with one attached hydrogen (secondary N) is 1. The van der Waals surface area contributed by atoms with Crippen molar-refractivity contribution in [1.29, 1.82) is 0 Å². The van der Waals surface area contributed by atoms with E-state index < -0.39 is 28.6 Å². The number of nitro groups is 1. The van der Waals surface area contributed by atoms with E-state index in [-0.39, 0.29) is 35.8 Å². The van der Waals surface area contributed by atoms with E-state index >= 15 is 0 Å². The fourth-order valence-corrected chi connectivity index (χ4v) is 3.30. The molecule has 3 aromatic rings. The maximum absolute atomic E-state index is 12.7. The molecule has 0 radical (unpaired) electrons. The van der Waals surface area contributed by atoms with Crippen molar-refractivity contribution in [1.82, 2.24) is 15.0 Å².